The third-order valence-electron chi connectivity index (χ3n) is 6.34. The van der Waals surface area contributed by atoms with Crippen LogP contribution in [0.5, 0.6) is 0 Å². The Labute approximate surface area is 228 Å². The van der Waals surface area contributed by atoms with Gasteiger partial charge in [-0.3, -0.25) is 13.9 Å². The third-order valence-corrected chi connectivity index (χ3v) is 7.47. The van der Waals surface area contributed by atoms with Gasteiger partial charge < -0.3 is 10.2 Å². The number of nitrogens with zero attached hydrogens (tertiary/aromatic N) is 2. The molecule has 3 aromatic carbocycles. The number of hydrogen-bond donors (Lipinski definition) is 1. The smallest absolute Gasteiger partial charge is 0.244 e. The summed E-state index contributed by atoms with van der Waals surface area (Å²) in [6.07, 6.45) is 1.69. The highest BCUT2D eigenvalue weighted by Crippen LogP contribution is 2.23. The number of rotatable bonds is 12. The predicted octanol–water partition coefficient (Wildman–Crippen LogP) is 4.29. The molecule has 0 saturated carbocycles. The van der Waals surface area contributed by atoms with Crippen LogP contribution in [0.1, 0.15) is 31.4 Å². The highest BCUT2D eigenvalue weighted by Gasteiger charge is 2.34. The average molecular weight is 558 g/mol. The molecule has 0 aromatic heterocycles. The van der Waals surface area contributed by atoms with Gasteiger partial charge in [0, 0.05) is 19.0 Å². The molecule has 1 N–H and O–H groups in total. The van der Waals surface area contributed by atoms with Crippen molar-refractivity contribution in [2.75, 3.05) is 17.1 Å². The van der Waals surface area contributed by atoms with Gasteiger partial charge in [-0.2, -0.15) is 0 Å². The van der Waals surface area contributed by atoms with Crippen molar-refractivity contribution in [2.45, 2.75) is 45.3 Å². The molecule has 208 valence electrons. The van der Waals surface area contributed by atoms with Crippen molar-refractivity contribution >= 4 is 27.5 Å². The lowest BCUT2D eigenvalue weighted by molar-refractivity contribution is -0.140. The summed E-state index contributed by atoms with van der Waals surface area (Å²) in [5.41, 5.74) is 1.04. The molecule has 0 spiro atoms. The Morgan fingerprint density at radius 2 is 1.51 bits per heavy atom. The molecule has 0 heterocycles. The molecular weight excluding hydrogens is 524 g/mol. The fraction of sp³-hybridized carbons (Fsp3) is 0.310. The lowest BCUT2D eigenvalue weighted by atomic mass is 10.0. The number of hydrogen-bond acceptors (Lipinski definition) is 4. The summed E-state index contributed by atoms with van der Waals surface area (Å²) in [5.74, 6) is -2.40. The van der Waals surface area contributed by atoms with Crippen molar-refractivity contribution in [2.24, 2.45) is 0 Å². The summed E-state index contributed by atoms with van der Waals surface area (Å²) in [6, 6.07) is 18.6. The number of para-hydroxylation sites is 1. The minimum atomic E-state index is -4.08. The van der Waals surface area contributed by atoms with E-state index in [4.69, 9.17) is 0 Å². The molecular formula is C29H33F2N3O4S. The largest absolute Gasteiger partial charge is 0.352 e. The average Bonchev–Trinajstić information content (AvgIpc) is 2.90. The number of halogens is 2. The van der Waals surface area contributed by atoms with Crippen LogP contribution in [-0.4, -0.2) is 50.0 Å². The number of anilines is 1. The molecule has 2 unspecified atom stereocenters. The Bertz CT molecular complexity index is 1370. The maximum absolute atomic E-state index is 14.6. The highest BCUT2D eigenvalue weighted by molar-refractivity contribution is 7.92. The van der Waals surface area contributed by atoms with Gasteiger partial charge in [-0.15, -0.1) is 0 Å². The van der Waals surface area contributed by atoms with Crippen molar-refractivity contribution in [3.8, 4) is 0 Å². The van der Waals surface area contributed by atoms with Gasteiger partial charge in [-0.05, 0) is 48.7 Å². The van der Waals surface area contributed by atoms with E-state index < -0.39 is 46.1 Å². The van der Waals surface area contributed by atoms with Crippen LogP contribution in [0.3, 0.4) is 0 Å². The predicted molar refractivity (Wildman–Crippen MR) is 147 cm³/mol. The van der Waals surface area contributed by atoms with Crippen LogP contribution in [0.25, 0.3) is 0 Å². The van der Waals surface area contributed by atoms with E-state index in [1.54, 1.807) is 0 Å². The Hall–Kier alpha value is -3.79. The van der Waals surface area contributed by atoms with Crippen LogP contribution in [0, 0.1) is 11.6 Å². The molecule has 10 heteroatoms. The first-order valence-corrected chi connectivity index (χ1v) is 14.4. The fourth-order valence-electron chi connectivity index (χ4n) is 4.03. The topological polar surface area (TPSA) is 86.8 Å². The molecule has 2 amide bonds. The quantitative estimate of drug-likeness (QED) is 0.360. The SMILES string of the molecule is CCC(C)NC(=O)C(Cc1ccccc1)N(Cc1ccc(F)cc1)C(=O)CN(c1ccccc1F)S(C)(=O)=O. The molecule has 0 bridgehead atoms. The number of nitrogens with one attached hydrogen (secondary N) is 1. The van der Waals surface area contributed by atoms with Crippen molar-refractivity contribution in [1.82, 2.24) is 10.2 Å². The van der Waals surface area contributed by atoms with Gasteiger partial charge >= 0.3 is 0 Å². The summed E-state index contributed by atoms with van der Waals surface area (Å²) in [7, 11) is -4.08. The summed E-state index contributed by atoms with van der Waals surface area (Å²) in [6.45, 7) is 2.92. The number of amides is 2. The van der Waals surface area contributed by atoms with Crippen LogP contribution in [0.4, 0.5) is 14.5 Å². The molecule has 3 rings (SSSR count). The van der Waals surface area contributed by atoms with Crippen molar-refractivity contribution in [3.05, 3.63) is 102 Å². The molecule has 0 aliphatic heterocycles. The lowest BCUT2D eigenvalue weighted by Gasteiger charge is -2.34. The second kappa shape index (κ2) is 13.3. The Morgan fingerprint density at radius 3 is 2.10 bits per heavy atom. The first-order valence-electron chi connectivity index (χ1n) is 12.6. The number of carbonyl (C=O) groups excluding carboxylic acids is 2. The van der Waals surface area contributed by atoms with Crippen molar-refractivity contribution < 1.29 is 26.8 Å². The Balaban J connectivity index is 2.06. The zero-order valence-electron chi connectivity index (χ0n) is 22.2. The van der Waals surface area contributed by atoms with Crippen LogP contribution in [0.2, 0.25) is 0 Å². The van der Waals surface area contributed by atoms with Crippen molar-refractivity contribution in [3.63, 3.8) is 0 Å². The molecule has 0 fully saturated rings. The molecule has 0 saturated heterocycles. The second-order valence-corrected chi connectivity index (χ2v) is 11.3. The first-order chi connectivity index (χ1) is 18.5. The Morgan fingerprint density at radius 1 is 0.897 bits per heavy atom. The molecule has 3 aromatic rings. The molecule has 0 aliphatic rings. The van der Waals surface area contributed by atoms with Gasteiger partial charge in [0.1, 0.15) is 24.2 Å². The maximum atomic E-state index is 14.6. The van der Waals surface area contributed by atoms with E-state index in [1.165, 1.54) is 47.4 Å². The van der Waals surface area contributed by atoms with E-state index in [0.29, 0.717) is 16.3 Å². The molecule has 2 atom stereocenters. The minimum absolute atomic E-state index is 0.0978. The number of carbonyl (C=O) groups is 2. The fourth-order valence-corrected chi connectivity index (χ4v) is 4.88. The van der Waals surface area contributed by atoms with Crippen LogP contribution in [0.15, 0.2) is 78.9 Å². The van der Waals surface area contributed by atoms with Gasteiger partial charge in [-0.1, -0.05) is 61.5 Å². The van der Waals surface area contributed by atoms with E-state index in [0.717, 1.165) is 17.9 Å². The van der Waals surface area contributed by atoms with E-state index in [1.807, 2.05) is 44.2 Å². The Kier molecular flexibility index (Phi) is 10.2. The standard InChI is InChI=1S/C29H33F2N3O4S/c1-4-21(2)32-29(36)27(18-22-10-6-5-7-11-22)33(19-23-14-16-24(30)17-15-23)28(35)20-34(39(3,37)38)26-13-9-8-12-25(26)31/h5-17,21,27H,4,18-20H2,1-3H3,(H,32,36). The van der Waals surface area contributed by atoms with Crippen LogP contribution < -0.4 is 9.62 Å². The summed E-state index contributed by atoms with van der Waals surface area (Å²) < 4.78 is 54.3. The lowest BCUT2D eigenvalue weighted by Crippen LogP contribution is -2.54. The normalized spacial score (nSPS) is 12.8. The van der Waals surface area contributed by atoms with E-state index in [9.17, 15) is 26.8 Å². The summed E-state index contributed by atoms with van der Waals surface area (Å²) >= 11 is 0. The minimum Gasteiger partial charge on any atom is -0.352 e. The zero-order chi connectivity index (χ0) is 28.6. The molecule has 7 nitrogen and oxygen atoms in total. The van der Waals surface area contributed by atoms with Gasteiger partial charge in [0.2, 0.25) is 21.8 Å². The second-order valence-electron chi connectivity index (χ2n) is 9.39. The summed E-state index contributed by atoms with van der Waals surface area (Å²) in [5, 5.41) is 2.92. The maximum Gasteiger partial charge on any atom is 0.244 e. The molecule has 39 heavy (non-hydrogen) atoms. The monoisotopic (exact) mass is 557 g/mol. The van der Waals surface area contributed by atoms with Gasteiger partial charge in [0.15, 0.2) is 0 Å². The molecule has 0 radical (unpaired) electrons. The van der Waals surface area contributed by atoms with Crippen LogP contribution >= 0.6 is 0 Å². The number of benzene rings is 3. The highest BCUT2D eigenvalue weighted by atomic mass is 32.2. The van der Waals surface area contributed by atoms with Crippen molar-refractivity contribution in [1.29, 1.82) is 0 Å². The number of sulfonamides is 1. The summed E-state index contributed by atoms with van der Waals surface area (Å²) in [4.78, 5) is 28.7. The van der Waals surface area contributed by atoms with Gasteiger partial charge in [-0.25, -0.2) is 17.2 Å². The van der Waals surface area contributed by atoms with Gasteiger partial charge in [0.25, 0.3) is 0 Å². The van der Waals surface area contributed by atoms with E-state index in [-0.39, 0.29) is 24.7 Å². The first kappa shape index (κ1) is 29.8. The van der Waals surface area contributed by atoms with Gasteiger partial charge in [0.05, 0.1) is 11.9 Å². The third kappa shape index (κ3) is 8.35. The van der Waals surface area contributed by atoms with Crippen LogP contribution in [-0.2, 0) is 32.6 Å². The molecule has 0 aliphatic carbocycles. The zero-order valence-corrected chi connectivity index (χ0v) is 23.0. The van der Waals surface area contributed by atoms with E-state index in [2.05, 4.69) is 5.32 Å². The van der Waals surface area contributed by atoms with E-state index >= 15 is 0 Å².